The van der Waals surface area contributed by atoms with Crippen molar-refractivity contribution < 1.29 is 9.13 Å². The van der Waals surface area contributed by atoms with E-state index >= 15 is 4.39 Å². The first-order valence-electron chi connectivity index (χ1n) is 8.97. The molecule has 152 valence electrons. The van der Waals surface area contributed by atoms with Crippen LogP contribution in [0.3, 0.4) is 0 Å². The zero-order valence-electron chi connectivity index (χ0n) is 16.7. The molecule has 1 aromatic carbocycles. The molecule has 8 nitrogen and oxygen atoms in total. The second-order valence-corrected chi connectivity index (χ2v) is 7.41. The highest BCUT2D eigenvalue weighted by molar-refractivity contribution is 6.33. The molecular formula is C19H21ClFN7O. The fraction of sp³-hybridized carbons (Fsp3) is 0.316. The van der Waals surface area contributed by atoms with Gasteiger partial charge in [0.2, 0.25) is 0 Å². The summed E-state index contributed by atoms with van der Waals surface area (Å²) in [6.45, 7) is 2.02. The third kappa shape index (κ3) is 2.97. The maximum absolute atomic E-state index is 15.2. The Bertz CT molecular complexity index is 1180. The Morgan fingerprint density at radius 1 is 1.31 bits per heavy atom. The molecule has 4 aromatic rings. The highest BCUT2D eigenvalue weighted by Crippen LogP contribution is 2.41. The molecule has 1 unspecified atom stereocenters. The van der Waals surface area contributed by atoms with Gasteiger partial charge in [-0.1, -0.05) is 11.6 Å². The van der Waals surface area contributed by atoms with Crippen LogP contribution < -0.4 is 4.74 Å². The molecule has 0 aliphatic rings. The second-order valence-electron chi connectivity index (χ2n) is 7.03. The van der Waals surface area contributed by atoms with Crippen LogP contribution >= 0.6 is 11.6 Å². The number of methoxy groups -OCH3 is 1. The average molecular weight is 418 g/mol. The van der Waals surface area contributed by atoms with Crippen molar-refractivity contribution >= 4 is 22.5 Å². The molecule has 0 saturated heterocycles. The van der Waals surface area contributed by atoms with E-state index in [-0.39, 0.29) is 16.8 Å². The van der Waals surface area contributed by atoms with Gasteiger partial charge in [0.15, 0.2) is 11.6 Å². The van der Waals surface area contributed by atoms with Gasteiger partial charge in [-0.05, 0) is 27.1 Å². The zero-order valence-corrected chi connectivity index (χ0v) is 17.5. The van der Waals surface area contributed by atoms with Gasteiger partial charge in [0.25, 0.3) is 0 Å². The van der Waals surface area contributed by atoms with Gasteiger partial charge in [0.05, 0.1) is 30.7 Å². The Morgan fingerprint density at radius 2 is 2.07 bits per heavy atom. The first kappa shape index (κ1) is 19.4. The molecule has 0 spiro atoms. The van der Waals surface area contributed by atoms with Crippen molar-refractivity contribution in [3.05, 3.63) is 41.5 Å². The third-order valence-corrected chi connectivity index (χ3v) is 5.53. The molecular weight excluding hydrogens is 397 g/mol. The lowest BCUT2D eigenvalue weighted by Crippen LogP contribution is -2.17. The van der Waals surface area contributed by atoms with E-state index in [2.05, 4.69) is 20.2 Å². The lowest BCUT2D eigenvalue weighted by atomic mass is 10.2. The smallest absolute Gasteiger partial charge is 0.180 e. The van der Waals surface area contributed by atoms with Crippen LogP contribution in [0.5, 0.6) is 5.75 Å². The number of halogens is 2. The van der Waals surface area contributed by atoms with E-state index in [0.717, 1.165) is 0 Å². The van der Waals surface area contributed by atoms with E-state index in [9.17, 15) is 0 Å². The summed E-state index contributed by atoms with van der Waals surface area (Å²) in [7, 11) is 7.15. The molecule has 0 radical (unpaired) electrons. The molecule has 0 fully saturated rings. The highest BCUT2D eigenvalue weighted by atomic mass is 35.5. The van der Waals surface area contributed by atoms with Crippen LogP contribution in [0.1, 0.15) is 18.8 Å². The number of aryl methyl sites for hydroxylation is 1. The summed E-state index contributed by atoms with van der Waals surface area (Å²) in [5.41, 5.74) is 1.70. The molecule has 10 heteroatoms. The maximum Gasteiger partial charge on any atom is 0.180 e. The number of nitrogens with one attached hydrogen (secondary N) is 1. The second kappa shape index (κ2) is 7.16. The van der Waals surface area contributed by atoms with E-state index in [1.807, 2.05) is 30.5 Å². The van der Waals surface area contributed by atoms with E-state index in [0.29, 0.717) is 33.9 Å². The van der Waals surface area contributed by atoms with Crippen LogP contribution in [0, 0.1) is 5.82 Å². The molecule has 0 aliphatic heterocycles. The molecule has 29 heavy (non-hydrogen) atoms. The van der Waals surface area contributed by atoms with Crippen LogP contribution in [0.4, 0.5) is 4.39 Å². The average Bonchev–Trinajstić information content (AvgIpc) is 3.42. The molecule has 1 atom stereocenters. The Labute approximate surface area is 171 Å². The Kier molecular flexibility index (Phi) is 4.79. The van der Waals surface area contributed by atoms with Gasteiger partial charge in [-0.25, -0.2) is 9.37 Å². The van der Waals surface area contributed by atoms with Gasteiger partial charge in [-0.15, -0.1) is 10.2 Å². The van der Waals surface area contributed by atoms with Gasteiger partial charge in [-0.3, -0.25) is 4.90 Å². The molecule has 3 heterocycles. The first-order valence-corrected chi connectivity index (χ1v) is 9.35. The van der Waals surface area contributed by atoms with Crippen molar-refractivity contribution in [3.63, 3.8) is 0 Å². The first-order chi connectivity index (χ1) is 13.8. The van der Waals surface area contributed by atoms with Gasteiger partial charge in [-0.2, -0.15) is 0 Å². The summed E-state index contributed by atoms with van der Waals surface area (Å²) in [6, 6.07) is 1.76. The highest BCUT2D eigenvalue weighted by Gasteiger charge is 2.26. The quantitative estimate of drug-likeness (QED) is 0.537. The lowest BCUT2D eigenvalue weighted by Gasteiger charge is -2.16. The number of aromatic nitrogens is 6. The predicted octanol–water partition coefficient (Wildman–Crippen LogP) is 3.57. The summed E-state index contributed by atoms with van der Waals surface area (Å²) >= 11 is 6.18. The lowest BCUT2D eigenvalue weighted by molar-refractivity contribution is 0.309. The van der Waals surface area contributed by atoms with Crippen LogP contribution in [0.25, 0.3) is 28.1 Å². The van der Waals surface area contributed by atoms with Crippen LogP contribution in [-0.4, -0.2) is 55.4 Å². The summed E-state index contributed by atoms with van der Waals surface area (Å²) in [6.07, 6.45) is 5.10. The summed E-state index contributed by atoms with van der Waals surface area (Å²) in [5.74, 6) is 0.931. The number of benzene rings is 1. The zero-order chi connectivity index (χ0) is 20.9. The number of nitrogens with zero attached hydrogens (tertiary/aromatic N) is 6. The van der Waals surface area contributed by atoms with Gasteiger partial charge >= 0.3 is 0 Å². The predicted molar refractivity (Wildman–Crippen MR) is 109 cm³/mol. The van der Waals surface area contributed by atoms with E-state index in [4.69, 9.17) is 16.3 Å². The number of ether oxygens (including phenoxy) is 1. The SMILES string of the molecule is COc1cc2c(-n3ccnc3)c(-c3nnc(C(C)N(C)C)[nH]3)n(C)c2c(F)c1Cl. The van der Waals surface area contributed by atoms with Gasteiger partial charge < -0.3 is 18.9 Å². The molecule has 0 aliphatic carbocycles. The molecule has 0 bridgehead atoms. The fourth-order valence-corrected chi connectivity index (χ4v) is 3.61. The van der Waals surface area contributed by atoms with Crippen molar-refractivity contribution in [1.82, 2.24) is 34.2 Å². The fourth-order valence-electron chi connectivity index (χ4n) is 3.39. The number of hydrogen-bond acceptors (Lipinski definition) is 5. The van der Waals surface area contributed by atoms with Crippen molar-refractivity contribution in [3.8, 4) is 23.0 Å². The van der Waals surface area contributed by atoms with Crippen LogP contribution in [0.15, 0.2) is 24.8 Å². The molecule has 3 aromatic heterocycles. The minimum Gasteiger partial charge on any atom is -0.495 e. The Morgan fingerprint density at radius 3 is 2.69 bits per heavy atom. The number of aromatic amines is 1. The van der Waals surface area contributed by atoms with E-state index in [1.54, 1.807) is 36.4 Å². The molecule has 0 saturated carbocycles. The largest absolute Gasteiger partial charge is 0.495 e. The molecule has 1 N–H and O–H groups in total. The normalized spacial score (nSPS) is 12.8. The van der Waals surface area contributed by atoms with Crippen molar-refractivity contribution in [2.45, 2.75) is 13.0 Å². The number of H-pyrrole nitrogens is 1. The summed E-state index contributed by atoms with van der Waals surface area (Å²) in [5, 5.41) is 9.19. The van der Waals surface area contributed by atoms with E-state index < -0.39 is 5.82 Å². The monoisotopic (exact) mass is 417 g/mol. The summed E-state index contributed by atoms with van der Waals surface area (Å²) < 4.78 is 24.0. The topological polar surface area (TPSA) is 76.8 Å². The maximum atomic E-state index is 15.2. The van der Waals surface area contributed by atoms with Gasteiger partial charge in [0, 0.05) is 24.8 Å². The van der Waals surface area contributed by atoms with E-state index in [1.165, 1.54) is 7.11 Å². The number of fused-ring (bicyclic) bond motifs is 1. The number of imidazole rings is 1. The molecule has 0 amide bonds. The molecule has 4 rings (SSSR count). The minimum atomic E-state index is -0.558. The number of rotatable bonds is 5. The Hall–Kier alpha value is -2.91. The standard InChI is InChI=1S/C19H21ClFN7O/c1-10(26(2)3)18-23-19(25-24-18)17-16(28-7-6-22-9-28)11-8-12(29-5)13(20)14(21)15(11)27(17)4/h6-10H,1-5H3,(H,23,24,25). The van der Waals surface area contributed by atoms with Crippen LogP contribution in [0.2, 0.25) is 5.02 Å². The van der Waals surface area contributed by atoms with Crippen molar-refractivity contribution in [1.29, 1.82) is 0 Å². The number of hydrogen-bond donors (Lipinski definition) is 1. The van der Waals surface area contributed by atoms with Crippen molar-refractivity contribution in [2.75, 3.05) is 21.2 Å². The van der Waals surface area contributed by atoms with Crippen molar-refractivity contribution in [2.24, 2.45) is 7.05 Å². The van der Waals surface area contributed by atoms with Crippen LogP contribution in [-0.2, 0) is 7.05 Å². The summed E-state index contributed by atoms with van der Waals surface area (Å²) in [4.78, 5) is 9.43. The Balaban J connectivity index is 2.05. The van der Waals surface area contributed by atoms with Gasteiger partial charge in [0.1, 0.15) is 22.3 Å². The minimum absolute atomic E-state index is 0.0360. The third-order valence-electron chi connectivity index (χ3n) is 5.18.